The lowest BCUT2D eigenvalue weighted by Crippen LogP contribution is -2.36. The highest BCUT2D eigenvalue weighted by atomic mass is 16.5. The van der Waals surface area contributed by atoms with E-state index < -0.39 is 0 Å². The lowest BCUT2D eigenvalue weighted by atomic mass is 9.82. The predicted octanol–water partition coefficient (Wildman–Crippen LogP) is 3.23. The number of hydrogen-bond donors (Lipinski definition) is 0. The van der Waals surface area contributed by atoms with Crippen molar-refractivity contribution in [2.75, 3.05) is 27.4 Å². The van der Waals surface area contributed by atoms with Crippen molar-refractivity contribution in [1.29, 1.82) is 0 Å². The molecule has 2 heteroatoms. The van der Waals surface area contributed by atoms with Gasteiger partial charge in [0.05, 0.1) is 13.2 Å². The minimum Gasteiger partial charge on any atom is -0.384 e. The van der Waals surface area contributed by atoms with E-state index in [1.54, 1.807) is 14.2 Å². The number of ether oxygens (including phenoxy) is 2. The highest BCUT2D eigenvalue weighted by Crippen LogP contribution is 2.44. The van der Waals surface area contributed by atoms with Gasteiger partial charge in [0.25, 0.3) is 0 Å². The SMILES string of the molecule is COCC1(COC)Cc2c(C)ccc3cccc1c23. The summed E-state index contributed by atoms with van der Waals surface area (Å²) in [6.45, 7) is 3.60. The van der Waals surface area contributed by atoms with Crippen molar-refractivity contribution in [1.82, 2.24) is 0 Å². The second-order valence-electron chi connectivity index (χ2n) is 5.59. The normalized spacial score (nSPS) is 16.2. The second-order valence-corrected chi connectivity index (χ2v) is 5.59. The summed E-state index contributed by atoms with van der Waals surface area (Å²) >= 11 is 0. The van der Waals surface area contributed by atoms with Crippen LogP contribution in [0.5, 0.6) is 0 Å². The summed E-state index contributed by atoms with van der Waals surface area (Å²) in [6, 6.07) is 11.0. The van der Waals surface area contributed by atoms with Crippen LogP contribution in [0, 0.1) is 6.92 Å². The lowest BCUT2D eigenvalue weighted by molar-refractivity contribution is 0.0623. The average Bonchev–Trinajstić information content (AvgIpc) is 2.73. The Labute approximate surface area is 114 Å². The molecule has 0 saturated heterocycles. The number of hydrogen-bond acceptors (Lipinski definition) is 2. The van der Waals surface area contributed by atoms with Gasteiger partial charge in [-0.05, 0) is 40.8 Å². The third kappa shape index (κ3) is 1.78. The van der Waals surface area contributed by atoms with Crippen LogP contribution in [0.15, 0.2) is 30.3 Å². The van der Waals surface area contributed by atoms with Crippen molar-refractivity contribution >= 4 is 10.8 Å². The number of aryl methyl sites for hydroxylation is 1. The van der Waals surface area contributed by atoms with E-state index in [1.807, 2.05) is 0 Å². The van der Waals surface area contributed by atoms with Crippen molar-refractivity contribution in [2.45, 2.75) is 18.8 Å². The van der Waals surface area contributed by atoms with Crippen LogP contribution in [-0.4, -0.2) is 27.4 Å². The van der Waals surface area contributed by atoms with E-state index in [4.69, 9.17) is 9.47 Å². The van der Waals surface area contributed by atoms with Crippen molar-refractivity contribution < 1.29 is 9.47 Å². The lowest BCUT2D eigenvalue weighted by Gasteiger charge is -2.29. The Morgan fingerprint density at radius 3 is 2.47 bits per heavy atom. The zero-order valence-electron chi connectivity index (χ0n) is 11.8. The topological polar surface area (TPSA) is 18.5 Å². The van der Waals surface area contributed by atoms with Gasteiger partial charge in [-0.1, -0.05) is 30.3 Å². The largest absolute Gasteiger partial charge is 0.384 e. The Morgan fingerprint density at radius 2 is 1.79 bits per heavy atom. The predicted molar refractivity (Wildman–Crippen MR) is 77.8 cm³/mol. The van der Waals surface area contributed by atoms with Gasteiger partial charge < -0.3 is 9.47 Å². The summed E-state index contributed by atoms with van der Waals surface area (Å²) in [5, 5.41) is 2.74. The molecule has 0 atom stereocenters. The third-order valence-corrected chi connectivity index (χ3v) is 4.32. The van der Waals surface area contributed by atoms with E-state index in [2.05, 4.69) is 37.3 Å². The monoisotopic (exact) mass is 256 g/mol. The van der Waals surface area contributed by atoms with Gasteiger partial charge in [-0.2, -0.15) is 0 Å². The van der Waals surface area contributed by atoms with E-state index in [0.29, 0.717) is 13.2 Å². The number of rotatable bonds is 4. The van der Waals surface area contributed by atoms with Gasteiger partial charge in [0.1, 0.15) is 0 Å². The fourth-order valence-corrected chi connectivity index (χ4v) is 3.51. The molecule has 2 nitrogen and oxygen atoms in total. The van der Waals surface area contributed by atoms with Gasteiger partial charge >= 0.3 is 0 Å². The quantitative estimate of drug-likeness (QED) is 0.836. The smallest absolute Gasteiger partial charge is 0.0584 e. The summed E-state index contributed by atoms with van der Waals surface area (Å²) in [5.74, 6) is 0. The van der Waals surface area contributed by atoms with E-state index in [9.17, 15) is 0 Å². The van der Waals surface area contributed by atoms with Crippen LogP contribution >= 0.6 is 0 Å². The summed E-state index contributed by atoms with van der Waals surface area (Å²) in [4.78, 5) is 0. The molecule has 0 N–H and O–H groups in total. The molecular formula is C17H20O2. The minimum absolute atomic E-state index is 0.0303. The molecule has 1 aliphatic rings. The van der Waals surface area contributed by atoms with Crippen LogP contribution in [-0.2, 0) is 21.3 Å². The molecule has 100 valence electrons. The standard InChI is InChI=1S/C17H20O2/c1-12-7-8-13-5-4-6-15-16(13)14(12)9-17(15,10-18-2)11-19-3/h4-8H,9-11H2,1-3H3. The Morgan fingerprint density at radius 1 is 1.05 bits per heavy atom. The highest BCUT2D eigenvalue weighted by molar-refractivity contribution is 5.93. The van der Waals surface area contributed by atoms with Gasteiger partial charge in [-0.25, -0.2) is 0 Å². The number of methoxy groups -OCH3 is 2. The molecular weight excluding hydrogens is 236 g/mol. The molecule has 0 aliphatic heterocycles. The van der Waals surface area contributed by atoms with Gasteiger partial charge in [0.15, 0.2) is 0 Å². The first-order valence-electron chi connectivity index (χ1n) is 6.71. The minimum atomic E-state index is -0.0303. The van der Waals surface area contributed by atoms with Crippen LogP contribution in [0.2, 0.25) is 0 Å². The van der Waals surface area contributed by atoms with E-state index in [1.165, 1.54) is 27.5 Å². The van der Waals surface area contributed by atoms with Gasteiger partial charge in [0.2, 0.25) is 0 Å². The van der Waals surface area contributed by atoms with E-state index in [-0.39, 0.29) is 5.41 Å². The van der Waals surface area contributed by atoms with Crippen LogP contribution in [0.25, 0.3) is 10.8 Å². The molecule has 0 spiro atoms. The van der Waals surface area contributed by atoms with E-state index in [0.717, 1.165) is 6.42 Å². The van der Waals surface area contributed by atoms with Gasteiger partial charge in [0, 0.05) is 19.6 Å². The zero-order chi connectivity index (χ0) is 13.5. The molecule has 19 heavy (non-hydrogen) atoms. The van der Waals surface area contributed by atoms with Crippen molar-refractivity contribution in [3.63, 3.8) is 0 Å². The maximum Gasteiger partial charge on any atom is 0.0584 e. The third-order valence-electron chi connectivity index (χ3n) is 4.32. The molecule has 1 aliphatic carbocycles. The Balaban J connectivity index is 2.26. The Kier molecular flexibility index (Phi) is 3.08. The van der Waals surface area contributed by atoms with Crippen molar-refractivity contribution in [3.8, 4) is 0 Å². The molecule has 0 saturated carbocycles. The first-order valence-corrected chi connectivity index (χ1v) is 6.71. The first kappa shape index (κ1) is 12.6. The summed E-state index contributed by atoms with van der Waals surface area (Å²) in [6.07, 6.45) is 1.01. The van der Waals surface area contributed by atoms with E-state index >= 15 is 0 Å². The van der Waals surface area contributed by atoms with Crippen LogP contribution in [0.3, 0.4) is 0 Å². The number of benzene rings is 2. The van der Waals surface area contributed by atoms with Gasteiger partial charge in [-0.15, -0.1) is 0 Å². The molecule has 0 radical (unpaired) electrons. The van der Waals surface area contributed by atoms with Crippen molar-refractivity contribution in [3.05, 3.63) is 47.0 Å². The molecule has 0 aromatic heterocycles. The Bertz CT molecular complexity index is 610. The maximum atomic E-state index is 5.50. The summed E-state index contributed by atoms with van der Waals surface area (Å²) in [5.41, 5.74) is 4.18. The molecule has 3 rings (SSSR count). The fraction of sp³-hybridized carbons (Fsp3) is 0.412. The summed E-state index contributed by atoms with van der Waals surface area (Å²) in [7, 11) is 3.54. The van der Waals surface area contributed by atoms with Crippen LogP contribution in [0.4, 0.5) is 0 Å². The maximum absolute atomic E-state index is 5.50. The molecule has 2 aromatic carbocycles. The molecule has 0 bridgehead atoms. The zero-order valence-corrected chi connectivity index (χ0v) is 11.8. The molecule has 0 fully saturated rings. The molecule has 2 aromatic rings. The summed E-state index contributed by atoms with van der Waals surface area (Å²) < 4.78 is 11.0. The molecule has 0 amide bonds. The average molecular weight is 256 g/mol. The fourth-order valence-electron chi connectivity index (χ4n) is 3.51. The van der Waals surface area contributed by atoms with Crippen molar-refractivity contribution in [2.24, 2.45) is 0 Å². The van der Waals surface area contributed by atoms with Crippen LogP contribution in [0.1, 0.15) is 16.7 Å². The second kappa shape index (κ2) is 4.62. The first-order chi connectivity index (χ1) is 9.22. The molecule has 0 heterocycles. The highest BCUT2D eigenvalue weighted by Gasteiger charge is 2.40. The Hall–Kier alpha value is -1.38. The van der Waals surface area contributed by atoms with Crippen LogP contribution < -0.4 is 0 Å². The molecule has 0 unspecified atom stereocenters. The van der Waals surface area contributed by atoms with Gasteiger partial charge in [-0.3, -0.25) is 0 Å².